The van der Waals surface area contributed by atoms with Crippen molar-refractivity contribution in [1.29, 1.82) is 0 Å². The summed E-state index contributed by atoms with van der Waals surface area (Å²) < 4.78 is 4.66. The van der Waals surface area contributed by atoms with Crippen molar-refractivity contribution in [2.24, 2.45) is 0 Å². The molecule has 1 amide bonds. The highest BCUT2D eigenvalue weighted by Gasteiger charge is 2.08. The molecule has 0 aliphatic carbocycles. The van der Waals surface area contributed by atoms with Crippen molar-refractivity contribution in [1.82, 2.24) is 9.59 Å². The summed E-state index contributed by atoms with van der Waals surface area (Å²) in [7, 11) is 0. The second-order valence-electron chi connectivity index (χ2n) is 3.20. The number of anilines is 1. The zero-order valence-electron chi connectivity index (χ0n) is 8.40. The molecule has 16 heavy (non-hydrogen) atoms. The molecule has 2 rings (SSSR count). The highest BCUT2D eigenvalue weighted by atomic mass is 79.9. The molecule has 0 aliphatic heterocycles. The Labute approximate surface area is 105 Å². The van der Waals surface area contributed by atoms with E-state index >= 15 is 0 Å². The van der Waals surface area contributed by atoms with Gasteiger partial charge in [-0.15, -0.1) is 5.10 Å². The Hall–Kier alpha value is -1.27. The summed E-state index contributed by atoms with van der Waals surface area (Å²) in [5, 5.41) is 6.40. The number of amides is 1. The minimum atomic E-state index is -0.184. The van der Waals surface area contributed by atoms with E-state index in [1.807, 2.05) is 25.1 Å². The van der Waals surface area contributed by atoms with Gasteiger partial charge in [0.05, 0.1) is 6.20 Å². The molecule has 0 unspecified atom stereocenters. The lowest BCUT2D eigenvalue weighted by Gasteiger charge is -2.05. The molecule has 0 atom stereocenters. The van der Waals surface area contributed by atoms with E-state index in [0.29, 0.717) is 4.88 Å². The monoisotopic (exact) mass is 297 g/mol. The van der Waals surface area contributed by atoms with E-state index in [2.05, 4.69) is 30.8 Å². The summed E-state index contributed by atoms with van der Waals surface area (Å²) in [5.74, 6) is -0.184. The Morgan fingerprint density at radius 1 is 1.50 bits per heavy atom. The molecule has 82 valence electrons. The number of nitrogens with zero attached hydrogens (tertiary/aromatic N) is 2. The predicted molar refractivity (Wildman–Crippen MR) is 66.7 cm³/mol. The number of benzene rings is 1. The average Bonchev–Trinajstić information content (AvgIpc) is 2.77. The van der Waals surface area contributed by atoms with Crippen molar-refractivity contribution in [3.05, 3.63) is 39.3 Å². The second-order valence-corrected chi connectivity index (χ2v) is 4.84. The molecule has 0 bridgehead atoms. The topological polar surface area (TPSA) is 54.9 Å². The minimum absolute atomic E-state index is 0.184. The smallest absolute Gasteiger partial charge is 0.269 e. The lowest BCUT2D eigenvalue weighted by molar-refractivity contribution is 0.103. The van der Waals surface area contributed by atoms with Crippen LogP contribution in [-0.2, 0) is 0 Å². The highest BCUT2D eigenvalue weighted by Crippen LogP contribution is 2.20. The van der Waals surface area contributed by atoms with E-state index in [1.54, 1.807) is 0 Å². The molecule has 0 fully saturated rings. The first-order chi connectivity index (χ1) is 7.66. The molecule has 0 aliphatic rings. The van der Waals surface area contributed by atoms with E-state index < -0.39 is 0 Å². The SMILES string of the molecule is Cc1cc(NC(=O)c2cnns2)ccc1Br. The number of rotatable bonds is 2. The molecule has 0 saturated carbocycles. The number of carbonyl (C=O) groups excluding carboxylic acids is 1. The number of aryl methyl sites for hydroxylation is 1. The standard InChI is InChI=1S/C10H8BrN3OS/c1-6-4-7(2-3-8(6)11)13-10(15)9-5-12-14-16-9/h2-5H,1H3,(H,13,15). The molecule has 6 heteroatoms. The van der Waals surface area contributed by atoms with Crippen molar-refractivity contribution in [3.63, 3.8) is 0 Å². The second kappa shape index (κ2) is 4.71. The third-order valence-electron chi connectivity index (χ3n) is 2.00. The number of nitrogens with one attached hydrogen (secondary N) is 1. The molecular formula is C10H8BrN3OS. The quantitative estimate of drug-likeness (QED) is 0.927. The van der Waals surface area contributed by atoms with Crippen LogP contribution in [0.4, 0.5) is 5.69 Å². The maximum atomic E-state index is 11.7. The first-order valence-corrected chi connectivity index (χ1v) is 6.08. The van der Waals surface area contributed by atoms with E-state index in [1.165, 1.54) is 6.20 Å². The van der Waals surface area contributed by atoms with Crippen LogP contribution in [0.3, 0.4) is 0 Å². The van der Waals surface area contributed by atoms with Crippen molar-refractivity contribution >= 4 is 39.1 Å². The van der Waals surface area contributed by atoms with Crippen LogP contribution < -0.4 is 5.32 Å². The van der Waals surface area contributed by atoms with Crippen LogP contribution in [0.25, 0.3) is 0 Å². The fourth-order valence-electron chi connectivity index (χ4n) is 1.18. The first-order valence-electron chi connectivity index (χ1n) is 4.51. The molecule has 0 radical (unpaired) electrons. The molecule has 1 aromatic heterocycles. The number of aromatic nitrogens is 2. The molecule has 0 saturated heterocycles. The van der Waals surface area contributed by atoms with Crippen molar-refractivity contribution in [2.75, 3.05) is 5.32 Å². The van der Waals surface area contributed by atoms with Crippen LogP contribution in [-0.4, -0.2) is 15.5 Å². The van der Waals surface area contributed by atoms with Gasteiger partial charge in [0, 0.05) is 10.2 Å². The number of carbonyl (C=O) groups is 1. The van der Waals surface area contributed by atoms with Crippen LogP contribution in [0.5, 0.6) is 0 Å². The Morgan fingerprint density at radius 2 is 2.31 bits per heavy atom. The zero-order valence-corrected chi connectivity index (χ0v) is 10.8. The van der Waals surface area contributed by atoms with Crippen molar-refractivity contribution in [3.8, 4) is 0 Å². The van der Waals surface area contributed by atoms with Gasteiger partial charge in [-0.25, -0.2) is 0 Å². The van der Waals surface area contributed by atoms with Crippen molar-refractivity contribution in [2.45, 2.75) is 6.92 Å². The Balaban J connectivity index is 2.15. The van der Waals surface area contributed by atoms with Crippen molar-refractivity contribution < 1.29 is 4.79 Å². The Morgan fingerprint density at radius 3 is 2.94 bits per heavy atom. The van der Waals surface area contributed by atoms with Crippen LogP contribution >= 0.6 is 27.5 Å². The molecular weight excluding hydrogens is 290 g/mol. The van der Waals surface area contributed by atoms with Gasteiger partial charge in [-0.05, 0) is 42.2 Å². The van der Waals surface area contributed by atoms with Gasteiger partial charge >= 0.3 is 0 Å². The van der Waals surface area contributed by atoms with Gasteiger partial charge in [0.1, 0.15) is 4.88 Å². The number of hydrogen-bond donors (Lipinski definition) is 1. The van der Waals surface area contributed by atoms with Gasteiger partial charge < -0.3 is 5.32 Å². The lowest BCUT2D eigenvalue weighted by atomic mass is 10.2. The first kappa shape index (κ1) is 11.2. The van der Waals surface area contributed by atoms with E-state index in [9.17, 15) is 4.79 Å². The normalized spacial score (nSPS) is 10.1. The van der Waals surface area contributed by atoms with Crippen LogP contribution in [0.15, 0.2) is 28.9 Å². The van der Waals surface area contributed by atoms with Gasteiger partial charge in [-0.1, -0.05) is 20.4 Å². The van der Waals surface area contributed by atoms with E-state index in [4.69, 9.17) is 0 Å². The third kappa shape index (κ3) is 2.45. The largest absolute Gasteiger partial charge is 0.321 e. The van der Waals surface area contributed by atoms with Gasteiger partial charge in [-0.2, -0.15) is 0 Å². The molecule has 1 N–H and O–H groups in total. The molecule has 1 aromatic carbocycles. The predicted octanol–water partition coefficient (Wildman–Crippen LogP) is 2.86. The fourth-order valence-corrected chi connectivity index (χ4v) is 1.84. The summed E-state index contributed by atoms with van der Waals surface area (Å²) in [4.78, 5) is 12.2. The summed E-state index contributed by atoms with van der Waals surface area (Å²) in [6, 6.07) is 5.63. The molecule has 2 aromatic rings. The zero-order chi connectivity index (χ0) is 11.5. The van der Waals surface area contributed by atoms with Crippen LogP contribution in [0, 0.1) is 6.92 Å². The summed E-state index contributed by atoms with van der Waals surface area (Å²) in [6.07, 6.45) is 1.45. The van der Waals surface area contributed by atoms with E-state index in [0.717, 1.165) is 27.3 Å². The highest BCUT2D eigenvalue weighted by molar-refractivity contribution is 9.10. The third-order valence-corrected chi connectivity index (χ3v) is 3.55. The summed E-state index contributed by atoms with van der Waals surface area (Å²) >= 11 is 4.48. The van der Waals surface area contributed by atoms with Crippen LogP contribution in [0.1, 0.15) is 15.2 Å². The van der Waals surface area contributed by atoms with Gasteiger partial charge in [0.15, 0.2) is 0 Å². The lowest BCUT2D eigenvalue weighted by Crippen LogP contribution is -2.10. The average molecular weight is 298 g/mol. The molecule has 4 nitrogen and oxygen atoms in total. The van der Waals surface area contributed by atoms with Gasteiger partial charge in [0.25, 0.3) is 5.91 Å². The fraction of sp³-hybridized carbons (Fsp3) is 0.100. The number of hydrogen-bond acceptors (Lipinski definition) is 4. The Kier molecular flexibility index (Phi) is 3.31. The van der Waals surface area contributed by atoms with Gasteiger partial charge in [0.2, 0.25) is 0 Å². The summed E-state index contributed by atoms with van der Waals surface area (Å²) in [6.45, 7) is 1.97. The minimum Gasteiger partial charge on any atom is -0.321 e. The van der Waals surface area contributed by atoms with E-state index in [-0.39, 0.29) is 5.91 Å². The molecule has 0 spiro atoms. The maximum absolute atomic E-state index is 11.7. The maximum Gasteiger partial charge on any atom is 0.269 e. The molecule has 1 heterocycles. The Bertz CT molecular complexity index is 513. The number of halogens is 1. The summed E-state index contributed by atoms with van der Waals surface area (Å²) in [5.41, 5.74) is 1.83. The van der Waals surface area contributed by atoms with Crippen LogP contribution in [0.2, 0.25) is 0 Å². The van der Waals surface area contributed by atoms with Gasteiger partial charge in [-0.3, -0.25) is 4.79 Å².